The summed E-state index contributed by atoms with van der Waals surface area (Å²) >= 11 is 0. The van der Waals surface area contributed by atoms with Crippen molar-refractivity contribution in [1.82, 2.24) is 0 Å². The van der Waals surface area contributed by atoms with Crippen LogP contribution in [0.3, 0.4) is 0 Å². The second-order valence-corrected chi connectivity index (χ2v) is 4.44. The number of rotatable bonds is 6. The quantitative estimate of drug-likeness (QED) is 0.880. The van der Waals surface area contributed by atoms with Gasteiger partial charge in [0.25, 0.3) is 0 Å². The average Bonchev–Trinajstić information content (AvgIpc) is 2.42. The number of hydrogen-bond acceptors (Lipinski definition) is 2. The Morgan fingerprint density at radius 3 is 2.20 bits per heavy atom. The van der Waals surface area contributed by atoms with E-state index >= 15 is 0 Å². The van der Waals surface area contributed by atoms with Crippen LogP contribution >= 0.6 is 0 Å². The summed E-state index contributed by atoms with van der Waals surface area (Å²) in [4.78, 5) is 10.5. The van der Waals surface area contributed by atoms with Crippen LogP contribution in [-0.2, 0) is 17.6 Å². The number of aliphatic carboxylic acids is 1. The highest BCUT2D eigenvalue weighted by Gasteiger charge is 2.01. The Morgan fingerprint density at radius 2 is 1.60 bits per heavy atom. The van der Waals surface area contributed by atoms with E-state index in [4.69, 9.17) is 9.84 Å². The lowest BCUT2D eigenvalue weighted by atomic mass is 10.1. The number of carbonyl (C=O) groups is 1. The standard InChI is InChI=1S/C16H15FO3/c17-14-5-1-12(2-6-14)9-10-20-15-7-3-13(4-8-15)11-16(18)19/h1-8H,9-11H2,(H,18,19). The summed E-state index contributed by atoms with van der Waals surface area (Å²) in [5.74, 6) is -0.403. The summed E-state index contributed by atoms with van der Waals surface area (Å²) in [5.41, 5.74) is 1.75. The summed E-state index contributed by atoms with van der Waals surface area (Å²) in [5, 5.41) is 8.67. The molecule has 2 rings (SSSR count). The molecule has 1 N–H and O–H groups in total. The first-order valence-corrected chi connectivity index (χ1v) is 6.31. The van der Waals surface area contributed by atoms with Crippen molar-refractivity contribution in [2.75, 3.05) is 6.61 Å². The minimum atomic E-state index is -0.852. The zero-order chi connectivity index (χ0) is 14.4. The number of halogens is 1. The molecule has 0 aliphatic heterocycles. The first kappa shape index (κ1) is 14.1. The van der Waals surface area contributed by atoms with E-state index in [9.17, 15) is 9.18 Å². The predicted molar refractivity (Wildman–Crippen MR) is 73.4 cm³/mol. The van der Waals surface area contributed by atoms with Crippen molar-refractivity contribution < 1.29 is 19.0 Å². The van der Waals surface area contributed by atoms with Gasteiger partial charge in [0.1, 0.15) is 11.6 Å². The molecule has 0 aliphatic rings. The molecule has 0 unspecified atom stereocenters. The molecule has 0 aliphatic carbocycles. The van der Waals surface area contributed by atoms with E-state index in [1.54, 1.807) is 36.4 Å². The second-order valence-electron chi connectivity index (χ2n) is 4.44. The number of carboxylic acid groups (broad SMARTS) is 1. The van der Waals surface area contributed by atoms with Gasteiger partial charge in [0.15, 0.2) is 0 Å². The molecule has 0 saturated heterocycles. The maximum absolute atomic E-state index is 12.7. The maximum Gasteiger partial charge on any atom is 0.307 e. The minimum Gasteiger partial charge on any atom is -0.493 e. The number of carboxylic acids is 1. The third-order valence-corrected chi connectivity index (χ3v) is 2.85. The molecule has 0 radical (unpaired) electrons. The fraction of sp³-hybridized carbons (Fsp3) is 0.188. The van der Waals surface area contributed by atoms with Crippen LogP contribution in [0.2, 0.25) is 0 Å². The highest BCUT2D eigenvalue weighted by atomic mass is 19.1. The monoisotopic (exact) mass is 274 g/mol. The zero-order valence-electron chi connectivity index (χ0n) is 10.9. The van der Waals surface area contributed by atoms with Crippen LogP contribution in [0.4, 0.5) is 4.39 Å². The number of ether oxygens (including phenoxy) is 1. The van der Waals surface area contributed by atoms with E-state index in [2.05, 4.69) is 0 Å². The molecule has 0 amide bonds. The third kappa shape index (κ3) is 4.39. The molecule has 0 spiro atoms. The Morgan fingerprint density at radius 1 is 1.00 bits per heavy atom. The van der Waals surface area contributed by atoms with Crippen molar-refractivity contribution in [3.05, 3.63) is 65.5 Å². The highest BCUT2D eigenvalue weighted by molar-refractivity contribution is 5.70. The molecule has 0 bridgehead atoms. The summed E-state index contributed by atoms with van der Waals surface area (Å²) in [7, 11) is 0. The lowest BCUT2D eigenvalue weighted by Gasteiger charge is -2.07. The van der Waals surface area contributed by atoms with Gasteiger partial charge in [0.05, 0.1) is 13.0 Å². The van der Waals surface area contributed by atoms with Crippen molar-refractivity contribution in [3.8, 4) is 5.75 Å². The molecule has 4 heteroatoms. The van der Waals surface area contributed by atoms with Crippen molar-refractivity contribution in [1.29, 1.82) is 0 Å². The fourth-order valence-electron chi connectivity index (χ4n) is 1.82. The molecule has 2 aromatic carbocycles. The summed E-state index contributed by atoms with van der Waals surface area (Å²) in [6, 6.07) is 13.3. The molecule has 0 saturated carbocycles. The van der Waals surface area contributed by atoms with Gasteiger partial charge >= 0.3 is 5.97 Å². The van der Waals surface area contributed by atoms with E-state index in [0.717, 1.165) is 11.1 Å². The molecule has 0 aromatic heterocycles. The van der Waals surface area contributed by atoms with Gasteiger partial charge in [-0.15, -0.1) is 0 Å². The average molecular weight is 274 g/mol. The Hall–Kier alpha value is -2.36. The number of hydrogen-bond donors (Lipinski definition) is 1. The molecule has 0 heterocycles. The number of benzene rings is 2. The Kier molecular flexibility index (Phi) is 4.71. The van der Waals surface area contributed by atoms with E-state index < -0.39 is 5.97 Å². The van der Waals surface area contributed by atoms with Gasteiger partial charge in [-0.05, 0) is 35.4 Å². The van der Waals surface area contributed by atoms with Gasteiger partial charge in [-0.1, -0.05) is 24.3 Å². The van der Waals surface area contributed by atoms with E-state index in [1.807, 2.05) is 0 Å². The smallest absolute Gasteiger partial charge is 0.307 e. The molecular formula is C16H15FO3. The lowest BCUT2D eigenvalue weighted by molar-refractivity contribution is -0.136. The van der Waals surface area contributed by atoms with Crippen molar-refractivity contribution in [3.63, 3.8) is 0 Å². The Labute approximate surface area is 116 Å². The first-order valence-electron chi connectivity index (χ1n) is 6.31. The topological polar surface area (TPSA) is 46.5 Å². The zero-order valence-corrected chi connectivity index (χ0v) is 10.9. The molecule has 2 aromatic rings. The van der Waals surface area contributed by atoms with Gasteiger partial charge < -0.3 is 9.84 Å². The van der Waals surface area contributed by atoms with Gasteiger partial charge in [-0.3, -0.25) is 4.79 Å². The summed E-state index contributed by atoms with van der Waals surface area (Å²) < 4.78 is 18.3. The van der Waals surface area contributed by atoms with E-state index in [1.165, 1.54) is 12.1 Å². The van der Waals surface area contributed by atoms with Gasteiger partial charge in [-0.2, -0.15) is 0 Å². The third-order valence-electron chi connectivity index (χ3n) is 2.85. The fourth-order valence-corrected chi connectivity index (χ4v) is 1.82. The SMILES string of the molecule is O=C(O)Cc1ccc(OCCc2ccc(F)cc2)cc1. The van der Waals surface area contributed by atoms with Crippen LogP contribution in [0.25, 0.3) is 0 Å². The predicted octanol–water partition coefficient (Wildman–Crippen LogP) is 3.07. The van der Waals surface area contributed by atoms with Gasteiger partial charge in [-0.25, -0.2) is 4.39 Å². The molecule has 0 atom stereocenters. The lowest BCUT2D eigenvalue weighted by Crippen LogP contribution is -2.02. The second kappa shape index (κ2) is 6.70. The van der Waals surface area contributed by atoms with Crippen molar-refractivity contribution in [2.45, 2.75) is 12.8 Å². The molecule has 104 valence electrons. The molecular weight excluding hydrogens is 259 g/mol. The van der Waals surface area contributed by atoms with Crippen LogP contribution in [0.5, 0.6) is 5.75 Å². The maximum atomic E-state index is 12.7. The Bertz CT molecular complexity index is 561. The molecule has 20 heavy (non-hydrogen) atoms. The largest absolute Gasteiger partial charge is 0.493 e. The van der Waals surface area contributed by atoms with Crippen molar-refractivity contribution >= 4 is 5.97 Å². The highest BCUT2D eigenvalue weighted by Crippen LogP contribution is 2.13. The van der Waals surface area contributed by atoms with Gasteiger partial charge in [0, 0.05) is 6.42 Å². The summed E-state index contributed by atoms with van der Waals surface area (Å²) in [6.45, 7) is 0.490. The summed E-state index contributed by atoms with van der Waals surface area (Å²) in [6.07, 6.45) is 0.701. The van der Waals surface area contributed by atoms with E-state index in [-0.39, 0.29) is 12.2 Å². The minimum absolute atomic E-state index is 0.00978. The van der Waals surface area contributed by atoms with Crippen LogP contribution in [-0.4, -0.2) is 17.7 Å². The normalized spacial score (nSPS) is 10.2. The molecule has 3 nitrogen and oxygen atoms in total. The van der Waals surface area contributed by atoms with Crippen molar-refractivity contribution in [2.24, 2.45) is 0 Å². The van der Waals surface area contributed by atoms with E-state index in [0.29, 0.717) is 18.8 Å². The van der Waals surface area contributed by atoms with Crippen LogP contribution in [0.1, 0.15) is 11.1 Å². The van der Waals surface area contributed by atoms with Crippen LogP contribution in [0, 0.1) is 5.82 Å². The first-order chi connectivity index (χ1) is 9.63. The Balaban J connectivity index is 1.82. The van der Waals surface area contributed by atoms with Crippen LogP contribution in [0.15, 0.2) is 48.5 Å². The van der Waals surface area contributed by atoms with Gasteiger partial charge in [0.2, 0.25) is 0 Å². The van der Waals surface area contributed by atoms with Crippen LogP contribution < -0.4 is 4.74 Å². The molecule has 0 fully saturated rings.